The third-order valence-corrected chi connectivity index (χ3v) is 8.71. The van der Waals surface area contributed by atoms with Crippen molar-refractivity contribution in [3.05, 3.63) is 95.1 Å². The molecule has 3 atom stereocenters. The Balaban J connectivity index is 1.35. The second kappa shape index (κ2) is 14.1. The van der Waals surface area contributed by atoms with Gasteiger partial charge in [0.1, 0.15) is 24.7 Å². The second-order valence-electron chi connectivity index (χ2n) is 13.2. The third-order valence-electron chi connectivity index (χ3n) is 8.71. The highest BCUT2D eigenvalue weighted by Crippen LogP contribution is 2.39. The lowest BCUT2D eigenvalue weighted by Gasteiger charge is -2.42. The fourth-order valence-corrected chi connectivity index (χ4v) is 6.04. The Morgan fingerprint density at radius 3 is 2.32 bits per heavy atom. The number of likely N-dealkylation sites (tertiary alicyclic amines) is 1. The molecule has 2 aliphatic rings. The van der Waals surface area contributed by atoms with Gasteiger partial charge in [0.05, 0.1) is 11.5 Å². The van der Waals surface area contributed by atoms with Gasteiger partial charge in [-0.2, -0.15) is 0 Å². The Kier molecular flexibility index (Phi) is 10.3. The van der Waals surface area contributed by atoms with Gasteiger partial charge in [-0.1, -0.05) is 48.5 Å². The summed E-state index contributed by atoms with van der Waals surface area (Å²) in [6.07, 6.45) is 1.71. The maximum atomic E-state index is 14.6. The van der Waals surface area contributed by atoms with E-state index in [1.165, 1.54) is 16.7 Å². The molecule has 1 amide bonds. The summed E-state index contributed by atoms with van der Waals surface area (Å²) in [7, 11) is 0. The number of hydrogen-bond donors (Lipinski definition) is 1. The van der Waals surface area contributed by atoms with Gasteiger partial charge in [-0.05, 0) is 106 Å². The predicted molar refractivity (Wildman–Crippen MR) is 173 cm³/mol. The lowest BCUT2D eigenvalue weighted by atomic mass is 9.79. The molecule has 2 fully saturated rings. The van der Waals surface area contributed by atoms with Crippen molar-refractivity contribution in [2.24, 2.45) is 5.92 Å². The number of benzene rings is 3. The van der Waals surface area contributed by atoms with Crippen molar-refractivity contribution >= 4 is 5.91 Å². The summed E-state index contributed by atoms with van der Waals surface area (Å²) in [5, 5.41) is 11.0. The number of rotatable bonds is 12. The number of nitrogens with zero attached hydrogens (tertiary/aromatic N) is 2. The SMILES string of the molecule is Cc1cccc(CN(C(=O)[C@H]2CN(C(O)OC(C)(C)C)CC[C@@H]2c2cccc(OCCOc3ccccc3)c2)C2CC2)c1C. The Hall–Kier alpha value is -3.39. The number of piperidine rings is 1. The first-order chi connectivity index (χ1) is 21.1. The fraction of sp³-hybridized carbons (Fsp3) is 0.486. The largest absolute Gasteiger partial charge is 0.490 e. The van der Waals surface area contributed by atoms with Crippen LogP contribution in [0.3, 0.4) is 0 Å². The summed E-state index contributed by atoms with van der Waals surface area (Å²) < 4.78 is 17.8. The van der Waals surface area contributed by atoms with Crippen LogP contribution in [0.4, 0.5) is 0 Å². The molecule has 7 nitrogen and oxygen atoms in total. The minimum absolute atomic E-state index is 0.00966. The van der Waals surface area contributed by atoms with Gasteiger partial charge in [-0.25, -0.2) is 0 Å². The van der Waals surface area contributed by atoms with Gasteiger partial charge < -0.3 is 24.2 Å². The van der Waals surface area contributed by atoms with Crippen LogP contribution in [0.5, 0.6) is 11.5 Å². The Morgan fingerprint density at radius 1 is 0.932 bits per heavy atom. The highest BCUT2D eigenvalue weighted by molar-refractivity contribution is 5.81. The molecule has 0 radical (unpaired) electrons. The fourth-order valence-electron chi connectivity index (χ4n) is 6.04. The second-order valence-corrected chi connectivity index (χ2v) is 13.2. The van der Waals surface area contributed by atoms with Crippen LogP contribution < -0.4 is 9.47 Å². The molecule has 5 rings (SSSR count). The van der Waals surface area contributed by atoms with Gasteiger partial charge in [0.25, 0.3) is 0 Å². The standard InChI is InChI=1S/C37H48N2O5/c1-26-11-9-13-29(27(26)2)24-39(30-17-18-30)35(40)34-25-38(36(41)44-37(3,4)5)20-19-33(34)28-12-10-16-32(23-28)43-22-21-42-31-14-7-6-8-15-31/h6-16,23,30,33-34,36,41H,17-22,24-25H2,1-5H3/t33-,34+,36?/m1/s1. The number of hydrogen-bond acceptors (Lipinski definition) is 6. The number of aliphatic hydroxyl groups excluding tert-OH is 1. The lowest BCUT2D eigenvalue weighted by molar-refractivity contribution is -0.245. The van der Waals surface area contributed by atoms with Crippen LogP contribution in [0, 0.1) is 19.8 Å². The van der Waals surface area contributed by atoms with E-state index in [0.29, 0.717) is 32.8 Å². The topological polar surface area (TPSA) is 71.5 Å². The van der Waals surface area contributed by atoms with E-state index in [2.05, 4.69) is 49.1 Å². The quantitative estimate of drug-likeness (QED) is 0.190. The number of para-hydroxylation sites is 1. The van der Waals surface area contributed by atoms with Crippen molar-refractivity contribution in [3.63, 3.8) is 0 Å². The van der Waals surface area contributed by atoms with E-state index in [1.54, 1.807) is 0 Å². The van der Waals surface area contributed by atoms with Gasteiger partial charge in [-0.3, -0.25) is 9.69 Å². The summed E-state index contributed by atoms with van der Waals surface area (Å²) in [6, 6.07) is 24.4. The monoisotopic (exact) mass is 600 g/mol. The maximum Gasteiger partial charge on any atom is 0.228 e. The smallest absolute Gasteiger partial charge is 0.228 e. The summed E-state index contributed by atoms with van der Waals surface area (Å²) in [5.74, 6) is 1.39. The zero-order valence-electron chi connectivity index (χ0n) is 26.9. The molecule has 44 heavy (non-hydrogen) atoms. The van der Waals surface area contributed by atoms with Crippen molar-refractivity contribution in [1.82, 2.24) is 9.80 Å². The van der Waals surface area contributed by atoms with E-state index < -0.39 is 12.0 Å². The van der Waals surface area contributed by atoms with Crippen molar-refractivity contribution < 1.29 is 24.1 Å². The van der Waals surface area contributed by atoms with Gasteiger partial charge in [-0.15, -0.1) is 0 Å². The number of carbonyl (C=O) groups excluding carboxylic acids is 1. The summed E-state index contributed by atoms with van der Waals surface area (Å²) in [5.41, 5.74) is 4.24. The Labute approximate surface area is 262 Å². The molecular weight excluding hydrogens is 552 g/mol. The van der Waals surface area contributed by atoms with Crippen LogP contribution in [-0.2, 0) is 16.1 Å². The van der Waals surface area contributed by atoms with Crippen LogP contribution in [0.2, 0.25) is 0 Å². The first-order valence-corrected chi connectivity index (χ1v) is 15.9. The third kappa shape index (κ3) is 8.40. The first kappa shape index (κ1) is 32.0. The minimum Gasteiger partial charge on any atom is -0.490 e. The highest BCUT2D eigenvalue weighted by Gasteiger charge is 2.43. The molecule has 0 aromatic heterocycles. The molecule has 1 aliphatic heterocycles. The molecule has 1 saturated heterocycles. The summed E-state index contributed by atoms with van der Waals surface area (Å²) in [4.78, 5) is 18.6. The first-order valence-electron chi connectivity index (χ1n) is 15.9. The zero-order valence-corrected chi connectivity index (χ0v) is 26.9. The maximum absolute atomic E-state index is 14.6. The molecule has 236 valence electrons. The van der Waals surface area contributed by atoms with Crippen molar-refractivity contribution in [3.8, 4) is 11.5 Å². The molecule has 7 heteroatoms. The normalized spacial score (nSPS) is 19.8. The van der Waals surface area contributed by atoms with Crippen molar-refractivity contribution in [2.45, 2.75) is 84.4 Å². The number of amides is 1. The van der Waals surface area contributed by atoms with Gasteiger partial charge >= 0.3 is 0 Å². The predicted octanol–water partition coefficient (Wildman–Crippen LogP) is 6.45. The minimum atomic E-state index is -1.07. The number of aryl methyl sites for hydroxylation is 1. The van der Waals surface area contributed by atoms with Crippen molar-refractivity contribution in [2.75, 3.05) is 26.3 Å². The number of carbonyl (C=O) groups is 1. The summed E-state index contributed by atoms with van der Waals surface area (Å²) >= 11 is 0. The average Bonchev–Trinajstić information content (AvgIpc) is 3.85. The van der Waals surface area contributed by atoms with Gasteiger partial charge in [0.2, 0.25) is 12.3 Å². The Morgan fingerprint density at radius 2 is 1.61 bits per heavy atom. The van der Waals surface area contributed by atoms with E-state index in [1.807, 2.05) is 68.1 Å². The average molecular weight is 601 g/mol. The molecule has 1 heterocycles. The number of aliphatic hydroxyl groups is 1. The zero-order chi connectivity index (χ0) is 31.3. The van der Waals surface area contributed by atoms with E-state index in [9.17, 15) is 9.90 Å². The molecule has 3 aromatic carbocycles. The summed E-state index contributed by atoms with van der Waals surface area (Å²) in [6.45, 7) is 12.6. The van der Waals surface area contributed by atoms with Gasteiger partial charge in [0, 0.05) is 25.7 Å². The molecule has 1 unspecified atom stereocenters. The van der Waals surface area contributed by atoms with E-state index in [4.69, 9.17) is 14.2 Å². The molecule has 0 bridgehead atoms. The van der Waals surface area contributed by atoms with Crippen LogP contribution in [0.25, 0.3) is 0 Å². The molecular formula is C37H48N2O5. The molecule has 1 N–H and O–H groups in total. The van der Waals surface area contributed by atoms with Crippen molar-refractivity contribution in [1.29, 1.82) is 0 Å². The van der Waals surface area contributed by atoms with E-state index in [-0.39, 0.29) is 23.8 Å². The van der Waals surface area contributed by atoms with Crippen LogP contribution in [-0.4, -0.2) is 65.2 Å². The van der Waals surface area contributed by atoms with Crippen LogP contribution in [0.15, 0.2) is 72.8 Å². The molecule has 0 spiro atoms. The Bertz CT molecular complexity index is 1380. The van der Waals surface area contributed by atoms with Crippen LogP contribution >= 0.6 is 0 Å². The van der Waals surface area contributed by atoms with Crippen LogP contribution in [0.1, 0.15) is 68.2 Å². The van der Waals surface area contributed by atoms with E-state index >= 15 is 0 Å². The molecule has 3 aromatic rings. The number of ether oxygens (including phenoxy) is 3. The molecule has 1 saturated carbocycles. The lowest BCUT2D eigenvalue weighted by Crippen LogP contribution is -2.53. The van der Waals surface area contributed by atoms with Gasteiger partial charge in [0.15, 0.2) is 0 Å². The van der Waals surface area contributed by atoms with E-state index in [0.717, 1.165) is 36.3 Å². The highest BCUT2D eigenvalue weighted by atomic mass is 16.6. The molecule has 1 aliphatic carbocycles.